The first-order valence-corrected chi connectivity index (χ1v) is 7.10. The summed E-state index contributed by atoms with van der Waals surface area (Å²) in [5, 5.41) is 4.87. The van der Waals surface area contributed by atoms with E-state index in [4.69, 9.17) is 0 Å². The summed E-state index contributed by atoms with van der Waals surface area (Å²) in [5.74, 6) is 0. The van der Waals surface area contributed by atoms with Crippen LogP contribution in [0, 0.1) is 5.41 Å². The number of benzene rings is 1. The van der Waals surface area contributed by atoms with Crippen LogP contribution in [-0.2, 0) is 0 Å². The number of pyridine rings is 1. The molecule has 0 saturated heterocycles. The topological polar surface area (TPSA) is 24.9 Å². The fourth-order valence-corrected chi connectivity index (χ4v) is 2.48. The molecule has 1 unspecified atom stereocenters. The van der Waals surface area contributed by atoms with E-state index >= 15 is 0 Å². The van der Waals surface area contributed by atoms with Gasteiger partial charge in [-0.2, -0.15) is 0 Å². The molecule has 2 rings (SSSR count). The Bertz CT molecular complexity index is 540. The van der Waals surface area contributed by atoms with E-state index in [2.05, 4.69) is 62.3 Å². The first-order chi connectivity index (χ1) is 9.02. The molecular formula is C17H24N2. The number of nitrogens with zero attached hydrogens (tertiary/aromatic N) is 1. The Kier molecular flexibility index (Phi) is 4.20. The fraction of sp³-hybridized carbons (Fsp3) is 0.471. The Morgan fingerprint density at radius 2 is 2.00 bits per heavy atom. The van der Waals surface area contributed by atoms with E-state index in [9.17, 15) is 0 Å². The Labute approximate surface area is 116 Å². The highest BCUT2D eigenvalue weighted by Crippen LogP contribution is 2.33. The van der Waals surface area contributed by atoms with E-state index < -0.39 is 0 Å². The van der Waals surface area contributed by atoms with Gasteiger partial charge in [-0.05, 0) is 36.1 Å². The lowest BCUT2D eigenvalue weighted by molar-refractivity contribution is 0.273. The molecule has 102 valence electrons. The number of hydrogen-bond donors (Lipinski definition) is 1. The van der Waals surface area contributed by atoms with Crippen LogP contribution in [0.4, 0.5) is 0 Å². The standard InChI is InChI=1S/C17H24N2/c1-5-10-19-16(17(2,3)4)14-9-8-13-7-6-11-18-15(13)12-14/h6-9,11-12,16,19H,5,10H2,1-4H3. The van der Waals surface area contributed by atoms with Crippen molar-refractivity contribution >= 4 is 10.9 Å². The van der Waals surface area contributed by atoms with Crippen molar-refractivity contribution in [2.45, 2.75) is 40.2 Å². The van der Waals surface area contributed by atoms with Crippen molar-refractivity contribution in [2.75, 3.05) is 6.54 Å². The Balaban J connectivity index is 2.38. The van der Waals surface area contributed by atoms with Gasteiger partial charge in [0.25, 0.3) is 0 Å². The second-order valence-corrected chi connectivity index (χ2v) is 6.21. The highest BCUT2D eigenvalue weighted by Gasteiger charge is 2.25. The summed E-state index contributed by atoms with van der Waals surface area (Å²) in [4.78, 5) is 4.46. The lowest BCUT2D eigenvalue weighted by atomic mass is 9.82. The van der Waals surface area contributed by atoms with Crippen molar-refractivity contribution < 1.29 is 0 Å². The van der Waals surface area contributed by atoms with Gasteiger partial charge >= 0.3 is 0 Å². The van der Waals surface area contributed by atoms with Crippen LogP contribution in [0.2, 0.25) is 0 Å². The van der Waals surface area contributed by atoms with E-state index in [0.29, 0.717) is 6.04 Å². The maximum Gasteiger partial charge on any atom is 0.0705 e. The quantitative estimate of drug-likeness (QED) is 0.881. The summed E-state index contributed by atoms with van der Waals surface area (Å²) >= 11 is 0. The number of fused-ring (bicyclic) bond motifs is 1. The van der Waals surface area contributed by atoms with Gasteiger partial charge in [-0.15, -0.1) is 0 Å². The van der Waals surface area contributed by atoms with Gasteiger partial charge in [0.05, 0.1) is 5.52 Å². The molecule has 0 spiro atoms. The molecule has 0 radical (unpaired) electrons. The van der Waals surface area contributed by atoms with Crippen LogP contribution >= 0.6 is 0 Å². The summed E-state index contributed by atoms with van der Waals surface area (Å²) in [6.45, 7) is 10.1. The zero-order valence-corrected chi connectivity index (χ0v) is 12.4. The predicted molar refractivity (Wildman–Crippen MR) is 82.2 cm³/mol. The lowest BCUT2D eigenvalue weighted by Gasteiger charge is -2.32. The zero-order chi connectivity index (χ0) is 13.9. The van der Waals surface area contributed by atoms with Gasteiger partial charge < -0.3 is 5.32 Å². The number of aromatic nitrogens is 1. The fourth-order valence-electron chi connectivity index (χ4n) is 2.48. The maximum absolute atomic E-state index is 4.46. The summed E-state index contributed by atoms with van der Waals surface area (Å²) in [6.07, 6.45) is 3.01. The molecule has 1 heterocycles. The molecule has 2 heteroatoms. The molecule has 0 bridgehead atoms. The van der Waals surface area contributed by atoms with Crippen LogP contribution in [0.1, 0.15) is 45.7 Å². The first kappa shape index (κ1) is 14.0. The van der Waals surface area contributed by atoms with Crippen LogP contribution in [0.25, 0.3) is 10.9 Å². The Hall–Kier alpha value is -1.41. The van der Waals surface area contributed by atoms with Crippen molar-refractivity contribution in [3.05, 3.63) is 42.1 Å². The van der Waals surface area contributed by atoms with Gasteiger partial charge in [0.15, 0.2) is 0 Å². The smallest absolute Gasteiger partial charge is 0.0705 e. The molecule has 19 heavy (non-hydrogen) atoms. The van der Waals surface area contributed by atoms with E-state index in [0.717, 1.165) is 18.5 Å². The monoisotopic (exact) mass is 256 g/mol. The van der Waals surface area contributed by atoms with Crippen LogP contribution in [0.5, 0.6) is 0 Å². The van der Waals surface area contributed by atoms with E-state index in [-0.39, 0.29) is 5.41 Å². The van der Waals surface area contributed by atoms with Crippen molar-refractivity contribution in [1.82, 2.24) is 10.3 Å². The van der Waals surface area contributed by atoms with Gasteiger partial charge in [0.1, 0.15) is 0 Å². The molecule has 2 aromatic rings. The molecule has 0 aliphatic heterocycles. The lowest BCUT2D eigenvalue weighted by Crippen LogP contribution is -2.32. The average Bonchev–Trinajstić information content (AvgIpc) is 2.37. The van der Waals surface area contributed by atoms with Gasteiger partial charge in [-0.25, -0.2) is 0 Å². The summed E-state index contributed by atoms with van der Waals surface area (Å²) in [7, 11) is 0. The van der Waals surface area contributed by atoms with Crippen molar-refractivity contribution in [2.24, 2.45) is 5.41 Å². The van der Waals surface area contributed by atoms with E-state index in [1.807, 2.05) is 12.3 Å². The number of nitrogens with one attached hydrogen (secondary N) is 1. The molecule has 1 aromatic heterocycles. The molecule has 0 saturated carbocycles. The van der Waals surface area contributed by atoms with E-state index in [1.165, 1.54) is 10.9 Å². The van der Waals surface area contributed by atoms with Crippen LogP contribution in [0.3, 0.4) is 0 Å². The molecular weight excluding hydrogens is 232 g/mol. The zero-order valence-electron chi connectivity index (χ0n) is 12.4. The van der Waals surface area contributed by atoms with Gasteiger partial charge in [-0.1, -0.05) is 45.9 Å². The van der Waals surface area contributed by atoms with Crippen LogP contribution in [0.15, 0.2) is 36.5 Å². The minimum atomic E-state index is 0.192. The largest absolute Gasteiger partial charge is 0.309 e. The molecule has 0 aliphatic rings. The second kappa shape index (κ2) is 5.70. The minimum Gasteiger partial charge on any atom is -0.309 e. The SMILES string of the molecule is CCCNC(c1ccc2cccnc2c1)C(C)(C)C. The molecule has 0 amide bonds. The predicted octanol–water partition coefficient (Wildman–Crippen LogP) is 4.32. The normalized spacial score (nSPS) is 13.7. The van der Waals surface area contributed by atoms with Crippen molar-refractivity contribution in [3.8, 4) is 0 Å². The minimum absolute atomic E-state index is 0.192. The highest BCUT2D eigenvalue weighted by atomic mass is 14.9. The van der Waals surface area contributed by atoms with Crippen molar-refractivity contribution in [3.63, 3.8) is 0 Å². The molecule has 1 aromatic carbocycles. The highest BCUT2D eigenvalue weighted by molar-refractivity contribution is 5.79. The van der Waals surface area contributed by atoms with Gasteiger partial charge in [-0.3, -0.25) is 4.98 Å². The van der Waals surface area contributed by atoms with Crippen LogP contribution < -0.4 is 5.32 Å². The summed E-state index contributed by atoms with van der Waals surface area (Å²) in [6, 6.07) is 11.1. The molecule has 0 aliphatic carbocycles. The third-order valence-corrected chi connectivity index (χ3v) is 3.43. The molecule has 1 atom stereocenters. The van der Waals surface area contributed by atoms with E-state index in [1.54, 1.807) is 0 Å². The summed E-state index contributed by atoms with van der Waals surface area (Å²) < 4.78 is 0. The van der Waals surface area contributed by atoms with Gasteiger partial charge in [0.2, 0.25) is 0 Å². The maximum atomic E-state index is 4.46. The van der Waals surface area contributed by atoms with Gasteiger partial charge in [0, 0.05) is 17.6 Å². The Morgan fingerprint density at radius 3 is 2.68 bits per heavy atom. The third kappa shape index (κ3) is 3.32. The third-order valence-electron chi connectivity index (χ3n) is 3.43. The van der Waals surface area contributed by atoms with Crippen molar-refractivity contribution in [1.29, 1.82) is 0 Å². The number of rotatable bonds is 4. The summed E-state index contributed by atoms with van der Waals surface area (Å²) in [5.41, 5.74) is 2.59. The second-order valence-electron chi connectivity index (χ2n) is 6.21. The number of hydrogen-bond acceptors (Lipinski definition) is 2. The molecule has 0 fully saturated rings. The Morgan fingerprint density at radius 1 is 1.21 bits per heavy atom. The molecule has 1 N–H and O–H groups in total. The molecule has 2 nitrogen and oxygen atoms in total. The first-order valence-electron chi connectivity index (χ1n) is 7.10. The average molecular weight is 256 g/mol. The van der Waals surface area contributed by atoms with Crippen LogP contribution in [-0.4, -0.2) is 11.5 Å².